The second kappa shape index (κ2) is 7.80. The van der Waals surface area contributed by atoms with Crippen LogP contribution >= 0.6 is 7.26 Å². The Bertz CT molecular complexity index is 963. The van der Waals surface area contributed by atoms with E-state index >= 15 is 0 Å². The Kier molecular flexibility index (Phi) is 5.06. The molecule has 0 aliphatic carbocycles. The third-order valence-corrected chi connectivity index (χ3v) is 9.21. The van der Waals surface area contributed by atoms with Crippen LogP contribution in [-0.2, 0) is 0 Å². The van der Waals surface area contributed by atoms with Crippen molar-refractivity contribution in [1.29, 1.82) is 0 Å². The lowest BCUT2D eigenvalue weighted by Crippen LogP contribution is -2.38. The van der Waals surface area contributed by atoms with Crippen LogP contribution in [0.15, 0.2) is 115 Å². The molecule has 0 bridgehead atoms. The molecule has 4 aromatic rings. The first kappa shape index (κ1) is 18.2. The van der Waals surface area contributed by atoms with Crippen LogP contribution in [0.25, 0.3) is 0 Å². The minimum absolute atomic E-state index is 0.191. The number of aromatic carboxylic acids is 1. The maximum atomic E-state index is 11.3. The molecule has 0 spiro atoms. The molecule has 0 saturated carbocycles. The van der Waals surface area contributed by atoms with Gasteiger partial charge in [-0.2, -0.15) is 0 Å². The van der Waals surface area contributed by atoms with Gasteiger partial charge in [-0.25, -0.2) is 0 Å². The molecule has 2 nitrogen and oxygen atoms in total. The molecule has 0 atom stereocenters. The minimum atomic E-state index is -2.17. The molecule has 0 unspecified atom stereocenters. The lowest BCUT2D eigenvalue weighted by atomic mass is 10.2. The Balaban J connectivity index is 2.08. The molecule has 0 aromatic heterocycles. The summed E-state index contributed by atoms with van der Waals surface area (Å²) in [6.45, 7) is 0. The number of carboxylic acid groups (broad SMARTS) is 1. The number of rotatable bonds is 5. The van der Waals surface area contributed by atoms with Gasteiger partial charge in [-0.1, -0.05) is 54.6 Å². The Labute approximate surface area is 165 Å². The van der Waals surface area contributed by atoms with Crippen LogP contribution in [-0.4, -0.2) is 5.97 Å². The molecule has 0 aliphatic heterocycles. The first-order valence-electron chi connectivity index (χ1n) is 9.11. The van der Waals surface area contributed by atoms with E-state index in [2.05, 4.69) is 72.8 Å². The van der Waals surface area contributed by atoms with Crippen molar-refractivity contribution in [1.82, 2.24) is 0 Å². The summed E-state index contributed by atoms with van der Waals surface area (Å²) < 4.78 is 0. The molecule has 3 heteroatoms. The van der Waals surface area contributed by atoms with Crippen molar-refractivity contribution in [2.24, 2.45) is 0 Å². The average Bonchev–Trinajstić information content (AvgIpc) is 2.77. The van der Waals surface area contributed by atoms with Gasteiger partial charge < -0.3 is 9.90 Å². The highest BCUT2D eigenvalue weighted by Gasteiger charge is 2.47. The zero-order valence-electron chi connectivity index (χ0n) is 15.2. The van der Waals surface area contributed by atoms with E-state index in [4.69, 9.17) is 0 Å². The van der Waals surface area contributed by atoms with Gasteiger partial charge in [0.1, 0.15) is 28.5 Å². The highest BCUT2D eigenvalue weighted by molar-refractivity contribution is 8.01. The first-order valence-corrected chi connectivity index (χ1v) is 10.9. The minimum Gasteiger partial charge on any atom is -0.545 e. The third-order valence-electron chi connectivity index (χ3n) is 4.92. The largest absolute Gasteiger partial charge is 0.545 e. The maximum absolute atomic E-state index is 11.3. The van der Waals surface area contributed by atoms with Crippen LogP contribution in [0.1, 0.15) is 10.4 Å². The molecule has 0 heterocycles. The predicted molar refractivity (Wildman–Crippen MR) is 116 cm³/mol. The molecule has 0 amide bonds. The SMILES string of the molecule is O=C([O-])c1ccc([P+](c2ccccc2)(c2ccccc2)c2ccccc2)cc1. The molecule has 0 radical (unpaired) electrons. The van der Waals surface area contributed by atoms with Gasteiger partial charge in [0.05, 0.1) is 5.97 Å². The van der Waals surface area contributed by atoms with Crippen molar-refractivity contribution in [2.75, 3.05) is 0 Å². The van der Waals surface area contributed by atoms with Gasteiger partial charge in [-0.05, 0) is 66.2 Å². The van der Waals surface area contributed by atoms with Crippen LogP contribution in [0.2, 0.25) is 0 Å². The van der Waals surface area contributed by atoms with Crippen LogP contribution in [0.5, 0.6) is 0 Å². The maximum Gasteiger partial charge on any atom is 0.144 e. The normalized spacial score (nSPS) is 11.1. The van der Waals surface area contributed by atoms with E-state index in [0.717, 1.165) is 5.30 Å². The topological polar surface area (TPSA) is 40.1 Å². The summed E-state index contributed by atoms with van der Waals surface area (Å²) in [7, 11) is -2.17. The van der Waals surface area contributed by atoms with E-state index in [-0.39, 0.29) is 5.56 Å². The van der Waals surface area contributed by atoms with Crippen LogP contribution in [0.4, 0.5) is 0 Å². The van der Waals surface area contributed by atoms with E-state index in [1.165, 1.54) is 15.9 Å². The summed E-state index contributed by atoms with van der Waals surface area (Å²) in [5.41, 5.74) is 0.191. The summed E-state index contributed by atoms with van der Waals surface area (Å²) in [6.07, 6.45) is 0. The molecule has 0 N–H and O–H groups in total. The number of benzene rings is 4. The molecular formula is C25H19O2P. The lowest BCUT2D eigenvalue weighted by Gasteiger charge is -2.27. The molecule has 0 aliphatic rings. The van der Waals surface area contributed by atoms with E-state index in [1.54, 1.807) is 12.1 Å². The lowest BCUT2D eigenvalue weighted by molar-refractivity contribution is -0.255. The van der Waals surface area contributed by atoms with Crippen molar-refractivity contribution < 1.29 is 9.90 Å². The molecule has 4 aromatic carbocycles. The summed E-state index contributed by atoms with van der Waals surface area (Å²) in [6, 6.07) is 38.6. The highest BCUT2D eigenvalue weighted by Crippen LogP contribution is 2.54. The second-order valence-corrected chi connectivity index (χ2v) is 9.92. The predicted octanol–water partition coefficient (Wildman–Crippen LogP) is 2.67. The van der Waals surface area contributed by atoms with Gasteiger partial charge in [0, 0.05) is 0 Å². The van der Waals surface area contributed by atoms with Crippen molar-refractivity contribution >= 4 is 34.4 Å². The van der Waals surface area contributed by atoms with Crippen LogP contribution in [0.3, 0.4) is 0 Å². The van der Waals surface area contributed by atoms with Crippen molar-refractivity contribution in [2.45, 2.75) is 0 Å². The van der Waals surface area contributed by atoms with Crippen molar-refractivity contribution in [3.05, 3.63) is 121 Å². The van der Waals surface area contributed by atoms with Gasteiger partial charge in [-0.3, -0.25) is 0 Å². The average molecular weight is 382 g/mol. The van der Waals surface area contributed by atoms with Crippen LogP contribution < -0.4 is 26.3 Å². The van der Waals surface area contributed by atoms with Gasteiger partial charge in [0.25, 0.3) is 0 Å². The quantitative estimate of drug-likeness (QED) is 0.498. The van der Waals surface area contributed by atoms with E-state index in [9.17, 15) is 9.90 Å². The van der Waals surface area contributed by atoms with E-state index in [0.29, 0.717) is 0 Å². The molecular weight excluding hydrogens is 363 g/mol. The Morgan fingerprint density at radius 2 is 0.821 bits per heavy atom. The Morgan fingerprint density at radius 3 is 1.14 bits per heavy atom. The third kappa shape index (κ3) is 3.13. The zero-order chi connectivity index (χ0) is 19.4. The standard InChI is InChI=1S/C25H19O2P/c26-25(27)20-16-18-24(19-17-20)28(21-10-4-1-5-11-21,22-12-6-2-7-13-22)23-14-8-3-9-15-23/h1-19H. The monoisotopic (exact) mass is 382 g/mol. The fraction of sp³-hybridized carbons (Fsp3) is 0. The van der Waals surface area contributed by atoms with Crippen LogP contribution in [0, 0.1) is 0 Å². The molecule has 136 valence electrons. The van der Waals surface area contributed by atoms with Gasteiger partial charge >= 0.3 is 0 Å². The number of hydrogen-bond acceptors (Lipinski definition) is 2. The molecule has 0 saturated heterocycles. The van der Waals surface area contributed by atoms with E-state index < -0.39 is 13.2 Å². The van der Waals surface area contributed by atoms with Gasteiger partial charge in [0.15, 0.2) is 0 Å². The summed E-state index contributed by atoms with van der Waals surface area (Å²) >= 11 is 0. The second-order valence-electron chi connectivity index (χ2n) is 6.51. The molecule has 28 heavy (non-hydrogen) atoms. The Hall–Kier alpha value is -3.22. The Morgan fingerprint density at radius 1 is 0.500 bits per heavy atom. The fourth-order valence-corrected chi connectivity index (χ4v) is 7.91. The number of hydrogen-bond donors (Lipinski definition) is 0. The smallest absolute Gasteiger partial charge is 0.144 e. The van der Waals surface area contributed by atoms with Crippen molar-refractivity contribution in [3.63, 3.8) is 0 Å². The fourth-order valence-electron chi connectivity index (χ4n) is 3.67. The van der Waals surface area contributed by atoms with E-state index in [1.807, 2.05) is 30.3 Å². The number of carbonyl (C=O) groups excluding carboxylic acids is 1. The summed E-state index contributed by atoms with van der Waals surface area (Å²) in [5.74, 6) is -1.16. The number of carboxylic acids is 1. The zero-order valence-corrected chi connectivity index (χ0v) is 16.1. The first-order chi connectivity index (χ1) is 13.7. The molecule has 4 rings (SSSR count). The molecule has 0 fully saturated rings. The van der Waals surface area contributed by atoms with Gasteiger partial charge in [-0.15, -0.1) is 0 Å². The van der Waals surface area contributed by atoms with Gasteiger partial charge in [0.2, 0.25) is 0 Å². The van der Waals surface area contributed by atoms with Crippen molar-refractivity contribution in [3.8, 4) is 0 Å². The summed E-state index contributed by atoms with van der Waals surface area (Å²) in [4.78, 5) is 11.3. The highest BCUT2D eigenvalue weighted by atomic mass is 31.2. The number of carbonyl (C=O) groups is 1. The summed E-state index contributed by atoms with van der Waals surface area (Å²) in [5, 5.41) is 16.1.